The van der Waals surface area contributed by atoms with Crippen LogP contribution in [0.3, 0.4) is 0 Å². The molecule has 2 rings (SSSR count). The standard InChI is InChI=1S/C18H23N3O2.HI/c1-22-16-11-10-14(13-17(16)23-2)7-6-12-20-18(19)21-15-8-4-3-5-9-15;/h3-5,8-11,13H,6-7,12H2,1-2H3,(H3,19,20,21);1H. The highest BCUT2D eigenvalue weighted by Gasteiger charge is 2.04. The summed E-state index contributed by atoms with van der Waals surface area (Å²) < 4.78 is 10.5. The number of anilines is 1. The topological polar surface area (TPSA) is 68.9 Å². The first-order chi connectivity index (χ1) is 11.2. The third kappa shape index (κ3) is 6.27. The number of halogens is 1. The molecule has 0 saturated carbocycles. The Hall–Kier alpha value is -1.96. The van der Waals surface area contributed by atoms with Crippen LogP contribution in [-0.4, -0.2) is 26.7 Å². The SMILES string of the molecule is COc1ccc(CCCN=C(N)Nc2ccccc2)cc1OC.I. The highest BCUT2D eigenvalue weighted by atomic mass is 127. The fraction of sp³-hybridized carbons (Fsp3) is 0.278. The van der Waals surface area contributed by atoms with E-state index in [1.165, 1.54) is 5.56 Å². The Kier molecular flexibility index (Phi) is 8.99. The molecular formula is C18H24IN3O2. The first-order valence-corrected chi connectivity index (χ1v) is 7.56. The summed E-state index contributed by atoms with van der Waals surface area (Å²) in [5.74, 6) is 1.92. The zero-order chi connectivity index (χ0) is 16.5. The number of nitrogens with zero attached hydrogens (tertiary/aromatic N) is 1. The van der Waals surface area contributed by atoms with Crippen LogP contribution in [0.25, 0.3) is 0 Å². The lowest BCUT2D eigenvalue weighted by Crippen LogP contribution is -2.22. The molecule has 3 N–H and O–H groups in total. The van der Waals surface area contributed by atoms with Crippen LogP contribution in [0.15, 0.2) is 53.5 Å². The summed E-state index contributed by atoms with van der Waals surface area (Å²) in [6.07, 6.45) is 1.81. The minimum atomic E-state index is 0. The van der Waals surface area contributed by atoms with Gasteiger partial charge in [-0.15, -0.1) is 24.0 Å². The van der Waals surface area contributed by atoms with E-state index >= 15 is 0 Å². The molecule has 0 amide bonds. The lowest BCUT2D eigenvalue weighted by molar-refractivity contribution is 0.354. The second-order valence-electron chi connectivity index (χ2n) is 5.05. The first kappa shape index (κ1) is 20.1. The minimum absolute atomic E-state index is 0. The van der Waals surface area contributed by atoms with Gasteiger partial charge in [0.15, 0.2) is 17.5 Å². The van der Waals surface area contributed by atoms with Crippen LogP contribution in [0.2, 0.25) is 0 Å². The summed E-state index contributed by atoms with van der Waals surface area (Å²) in [5, 5.41) is 3.07. The number of aryl methyl sites for hydroxylation is 1. The van der Waals surface area contributed by atoms with Crippen molar-refractivity contribution in [1.29, 1.82) is 0 Å². The molecule has 6 heteroatoms. The molecule has 0 aliphatic carbocycles. The van der Waals surface area contributed by atoms with Gasteiger partial charge in [0.05, 0.1) is 14.2 Å². The van der Waals surface area contributed by atoms with Crippen LogP contribution in [-0.2, 0) is 6.42 Å². The van der Waals surface area contributed by atoms with E-state index in [2.05, 4.69) is 10.3 Å². The van der Waals surface area contributed by atoms with Crippen LogP contribution < -0.4 is 20.5 Å². The van der Waals surface area contributed by atoms with Gasteiger partial charge in [-0.2, -0.15) is 0 Å². The zero-order valence-electron chi connectivity index (χ0n) is 14.0. The maximum Gasteiger partial charge on any atom is 0.193 e. The van der Waals surface area contributed by atoms with Crippen molar-refractivity contribution in [1.82, 2.24) is 0 Å². The van der Waals surface area contributed by atoms with Crippen molar-refractivity contribution in [3.05, 3.63) is 54.1 Å². The Morgan fingerprint density at radius 3 is 2.42 bits per heavy atom. The van der Waals surface area contributed by atoms with Gasteiger partial charge in [0, 0.05) is 12.2 Å². The number of benzene rings is 2. The predicted octanol–water partition coefficient (Wildman–Crippen LogP) is 3.68. The Balaban J connectivity index is 0.00000288. The third-order valence-electron chi connectivity index (χ3n) is 3.40. The minimum Gasteiger partial charge on any atom is -0.493 e. The number of ether oxygens (including phenoxy) is 2. The molecule has 0 aliphatic rings. The Labute approximate surface area is 160 Å². The van der Waals surface area contributed by atoms with Gasteiger partial charge in [0.1, 0.15) is 0 Å². The summed E-state index contributed by atoms with van der Waals surface area (Å²) in [7, 11) is 3.27. The van der Waals surface area contributed by atoms with Gasteiger partial charge in [-0.05, 0) is 42.7 Å². The first-order valence-electron chi connectivity index (χ1n) is 7.56. The molecule has 0 bridgehead atoms. The summed E-state index contributed by atoms with van der Waals surface area (Å²) in [6, 6.07) is 15.7. The van der Waals surface area contributed by atoms with Crippen molar-refractivity contribution in [2.24, 2.45) is 10.7 Å². The molecule has 0 fully saturated rings. The number of methoxy groups -OCH3 is 2. The summed E-state index contributed by atoms with van der Waals surface area (Å²) in [6.45, 7) is 0.667. The van der Waals surface area contributed by atoms with Gasteiger partial charge in [-0.3, -0.25) is 4.99 Å². The maximum absolute atomic E-state index is 5.87. The summed E-state index contributed by atoms with van der Waals surface area (Å²) in [5.41, 5.74) is 8.00. The molecule has 2 aromatic rings. The van der Waals surface area contributed by atoms with E-state index in [0.29, 0.717) is 12.5 Å². The lowest BCUT2D eigenvalue weighted by atomic mass is 10.1. The molecule has 0 saturated heterocycles. The fourth-order valence-electron chi connectivity index (χ4n) is 2.23. The van der Waals surface area contributed by atoms with Crippen LogP contribution >= 0.6 is 24.0 Å². The second kappa shape index (κ2) is 10.7. The maximum atomic E-state index is 5.87. The number of hydrogen-bond acceptors (Lipinski definition) is 3. The zero-order valence-corrected chi connectivity index (χ0v) is 16.3. The smallest absolute Gasteiger partial charge is 0.193 e. The number of guanidine groups is 1. The van der Waals surface area contributed by atoms with E-state index in [-0.39, 0.29) is 24.0 Å². The summed E-state index contributed by atoms with van der Waals surface area (Å²) >= 11 is 0. The highest BCUT2D eigenvalue weighted by molar-refractivity contribution is 14.0. The van der Waals surface area contributed by atoms with Crippen molar-refractivity contribution >= 4 is 35.6 Å². The van der Waals surface area contributed by atoms with Crippen molar-refractivity contribution in [2.75, 3.05) is 26.1 Å². The highest BCUT2D eigenvalue weighted by Crippen LogP contribution is 2.27. The van der Waals surface area contributed by atoms with Crippen LogP contribution in [0.1, 0.15) is 12.0 Å². The van der Waals surface area contributed by atoms with E-state index in [1.807, 2.05) is 48.5 Å². The quantitative estimate of drug-likeness (QED) is 0.298. The van der Waals surface area contributed by atoms with E-state index in [0.717, 1.165) is 30.0 Å². The molecule has 0 spiro atoms. The molecule has 5 nitrogen and oxygen atoms in total. The van der Waals surface area contributed by atoms with Crippen LogP contribution in [0, 0.1) is 0 Å². The number of hydrogen-bond donors (Lipinski definition) is 2. The number of aliphatic imine (C=N–C) groups is 1. The Morgan fingerprint density at radius 1 is 1.04 bits per heavy atom. The van der Waals surface area contributed by atoms with Crippen molar-refractivity contribution in [3.8, 4) is 11.5 Å². The predicted molar refractivity (Wildman–Crippen MR) is 110 cm³/mol. The number of para-hydroxylation sites is 1. The molecule has 24 heavy (non-hydrogen) atoms. The average Bonchev–Trinajstić information content (AvgIpc) is 2.59. The number of rotatable bonds is 7. The Morgan fingerprint density at radius 2 is 1.75 bits per heavy atom. The molecule has 130 valence electrons. The summed E-state index contributed by atoms with van der Waals surface area (Å²) in [4.78, 5) is 4.34. The number of nitrogens with two attached hydrogens (primary N) is 1. The molecule has 2 aromatic carbocycles. The lowest BCUT2D eigenvalue weighted by Gasteiger charge is -2.09. The van der Waals surface area contributed by atoms with Crippen molar-refractivity contribution in [3.63, 3.8) is 0 Å². The van der Waals surface area contributed by atoms with Gasteiger partial charge in [-0.1, -0.05) is 24.3 Å². The molecule has 0 atom stereocenters. The molecule has 0 unspecified atom stereocenters. The van der Waals surface area contributed by atoms with E-state index in [4.69, 9.17) is 15.2 Å². The van der Waals surface area contributed by atoms with E-state index in [1.54, 1.807) is 14.2 Å². The van der Waals surface area contributed by atoms with Gasteiger partial charge in [0.25, 0.3) is 0 Å². The molecular weight excluding hydrogens is 417 g/mol. The molecule has 0 radical (unpaired) electrons. The van der Waals surface area contributed by atoms with Gasteiger partial charge >= 0.3 is 0 Å². The van der Waals surface area contributed by atoms with Crippen molar-refractivity contribution in [2.45, 2.75) is 12.8 Å². The molecule has 0 aliphatic heterocycles. The van der Waals surface area contributed by atoms with E-state index in [9.17, 15) is 0 Å². The molecule has 0 aromatic heterocycles. The largest absolute Gasteiger partial charge is 0.493 e. The van der Waals surface area contributed by atoms with Gasteiger partial charge < -0.3 is 20.5 Å². The average molecular weight is 441 g/mol. The fourth-order valence-corrected chi connectivity index (χ4v) is 2.23. The third-order valence-corrected chi connectivity index (χ3v) is 3.40. The Bertz CT molecular complexity index is 648. The van der Waals surface area contributed by atoms with Crippen LogP contribution in [0.4, 0.5) is 5.69 Å². The van der Waals surface area contributed by atoms with Gasteiger partial charge in [-0.25, -0.2) is 0 Å². The molecule has 0 heterocycles. The van der Waals surface area contributed by atoms with Crippen LogP contribution in [0.5, 0.6) is 11.5 Å². The monoisotopic (exact) mass is 441 g/mol. The second-order valence-corrected chi connectivity index (χ2v) is 5.05. The normalized spacial score (nSPS) is 10.7. The van der Waals surface area contributed by atoms with Gasteiger partial charge in [0.2, 0.25) is 0 Å². The van der Waals surface area contributed by atoms with Crippen molar-refractivity contribution < 1.29 is 9.47 Å². The number of nitrogens with one attached hydrogen (secondary N) is 1. The van der Waals surface area contributed by atoms with E-state index < -0.39 is 0 Å².